The Kier molecular flexibility index (Phi) is 1.27. The maximum absolute atomic E-state index is 9.90. The summed E-state index contributed by atoms with van der Waals surface area (Å²) in [5, 5.41) is 9.90. The van der Waals surface area contributed by atoms with Crippen LogP contribution in [0.15, 0.2) is 29.3 Å². The van der Waals surface area contributed by atoms with Crippen LogP contribution in [0.25, 0.3) is 0 Å². The van der Waals surface area contributed by atoms with E-state index in [1.165, 1.54) is 0 Å². The van der Waals surface area contributed by atoms with Crippen LogP contribution in [0.2, 0.25) is 0 Å². The lowest BCUT2D eigenvalue weighted by Gasteiger charge is -2.16. The summed E-state index contributed by atoms with van der Waals surface area (Å²) < 4.78 is 0. The first-order chi connectivity index (χ1) is 6.38. The van der Waals surface area contributed by atoms with E-state index < -0.39 is 6.23 Å². The van der Waals surface area contributed by atoms with Gasteiger partial charge in [0, 0.05) is 17.7 Å². The van der Waals surface area contributed by atoms with Gasteiger partial charge in [-0.25, -0.2) is 0 Å². The molecule has 0 spiro atoms. The van der Waals surface area contributed by atoms with Gasteiger partial charge in [0.05, 0.1) is 6.54 Å². The van der Waals surface area contributed by atoms with Crippen molar-refractivity contribution in [3.8, 4) is 0 Å². The van der Waals surface area contributed by atoms with Gasteiger partial charge in [-0.2, -0.15) is 0 Å². The molecule has 2 aliphatic heterocycles. The average Bonchev–Trinajstić information content (AvgIpc) is 2.72. The molecule has 66 valence electrons. The van der Waals surface area contributed by atoms with Crippen molar-refractivity contribution in [2.45, 2.75) is 6.23 Å². The molecule has 0 saturated carbocycles. The molecule has 0 aliphatic carbocycles. The zero-order chi connectivity index (χ0) is 8.84. The first-order valence-corrected chi connectivity index (χ1v) is 4.46. The van der Waals surface area contributed by atoms with Crippen LogP contribution in [0.5, 0.6) is 0 Å². The molecular weight excluding hydrogens is 164 g/mol. The number of aliphatic imine (C=N–C) groups is 1. The van der Waals surface area contributed by atoms with Crippen LogP contribution in [-0.2, 0) is 0 Å². The van der Waals surface area contributed by atoms with E-state index in [2.05, 4.69) is 4.99 Å². The molecule has 0 amide bonds. The minimum Gasteiger partial charge on any atom is -0.369 e. The van der Waals surface area contributed by atoms with Crippen molar-refractivity contribution in [2.24, 2.45) is 4.99 Å². The minimum atomic E-state index is -0.475. The predicted octanol–water partition coefficient (Wildman–Crippen LogP) is 0.753. The monoisotopic (exact) mass is 174 g/mol. The number of nitrogens with zero attached hydrogens (tertiary/aromatic N) is 2. The van der Waals surface area contributed by atoms with Gasteiger partial charge < -0.3 is 10.0 Å². The molecule has 1 N–H and O–H groups in total. The van der Waals surface area contributed by atoms with E-state index in [0.717, 1.165) is 30.1 Å². The van der Waals surface area contributed by atoms with Crippen molar-refractivity contribution >= 4 is 5.84 Å². The second-order valence-electron chi connectivity index (χ2n) is 3.36. The summed E-state index contributed by atoms with van der Waals surface area (Å²) in [6.07, 6.45) is -0.475. The van der Waals surface area contributed by atoms with Crippen molar-refractivity contribution in [3.63, 3.8) is 0 Å². The molecular formula is C10H10N2O. The zero-order valence-electron chi connectivity index (χ0n) is 7.14. The molecule has 1 aromatic carbocycles. The maximum Gasteiger partial charge on any atom is 0.155 e. The fourth-order valence-corrected chi connectivity index (χ4v) is 2.03. The van der Waals surface area contributed by atoms with E-state index in [1.807, 2.05) is 29.2 Å². The van der Waals surface area contributed by atoms with Crippen molar-refractivity contribution in [2.75, 3.05) is 13.1 Å². The van der Waals surface area contributed by atoms with Crippen molar-refractivity contribution < 1.29 is 5.11 Å². The standard InChI is InChI=1S/C10H10N2O/c13-10-8-4-2-1-3-7(8)9-11-5-6-12(9)10/h1-4,10,13H,5-6H2. The molecule has 3 nitrogen and oxygen atoms in total. The Labute approximate surface area is 76.3 Å². The second-order valence-corrected chi connectivity index (χ2v) is 3.36. The van der Waals surface area contributed by atoms with Crippen LogP contribution in [-0.4, -0.2) is 28.9 Å². The number of rotatable bonds is 0. The van der Waals surface area contributed by atoms with Crippen molar-refractivity contribution in [1.29, 1.82) is 0 Å². The van der Waals surface area contributed by atoms with Gasteiger partial charge in [0.25, 0.3) is 0 Å². The zero-order valence-corrected chi connectivity index (χ0v) is 7.14. The third-order valence-electron chi connectivity index (χ3n) is 2.65. The lowest BCUT2D eigenvalue weighted by atomic mass is 10.1. The van der Waals surface area contributed by atoms with Crippen LogP contribution in [0.1, 0.15) is 17.4 Å². The smallest absolute Gasteiger partial charge is 0.155 e. The average molecular weight is 174 g/mol. The summed E-state index contributed by atoms with van der Waals surface area (Å²) in [7, 11) is 0. The largest absolute Gasteiger partial charge is 0.369 e. The number of fused-ring (bicyclic) bond motifs is 3. The third-order valence-corrected chi connectivity index (χ3v) is 2.65. The van der Waals surface area contributed by atoms with Crippen LogP contribution in [0.3, 0.4) is 0 Å². The molecule has 2 heterocycles. The maximum atomic E-state index is 9.90. The first-order valence-electron chi connectivity index (χ1n) is 4.46. The molecule has 0 fully saturated rings. The number of aliphatic hydroxyl groups excluding tert-OH is 1. The van der Waals surface area contributed by atoms with Gasteiger partial charge in [-0.15, -0.1) is 0 Å². The highest BCUT2D eigenvalue weighted by Crippen LogP contribution is 2.33. The van der Waals surface area contributed by atoms with Gasteiger partial charge in [-0.1, -0.05) is 24.3 Å². The highest BCUT2D eigenvalue weighted by Gasteiger charge is 2.35. The molecule has 0 aromatic heterocycles. The van der Waals surface area contributed by atoms with E-state index in [0.29, 0.717) is 0 Å². The molecule has 2 aliphatic rings. The van der Waals surface area contributed by atoms with Gasteiger partial charge in [-0.3, -0.25) is 4.99 Å². The molecule has 1 atom stereocenters. The van der Waals surface area contributed by atoms with Crippen LogP contribution >= 0.6 is 0 Å². The van der Waals surface area contributed by atoms with E-state index >= 15 is 0 Å². The fourth-order valence-electron chi connectivity index (χ4n) is 2.03. The van der Waals surface area contributed by atoms with E-state index in [4.69, 9.17) is 0 Å². The molecule has 13 heavy (non-hydrogen) atoms. The molecule has 1 unspecified atom stereocenters. The fraction of sp³-hybridized carbons (Fsp3) is 0.300. The molecule has 0 bridgehead atoms. The molecule has 1 aromatic rings. The van der Waals surface area contributed by atoms with Gasteiger partial charge in [0.1, 0.15) is 5.84 Å². The summed E-state index contributed by atoms with van der Waals surface area (Å²) in [6, 6.07) is 7.91. The third kappa shape index (κ3) is 0.795. The van der Waals surface area contributed by atoms with Crippen molar-refractivity contribution in [1.82, 2.24) is 4.90 Å². The highest BCUT2D eigenvalue weighted by molar-refractivity contribution is 6.03. The van der Waals surface area contributed by atoms with E-state index in [9.17, 15) is 5.11 Å². The lowest BCUT2D eigenvalue weighted by molar-refractivity contribution is 0.0684. The van der Waals surface area contributed by atoms with E-state index in [1.54, 1.807) is 0 Å². The number of hydrogen-bond donors (Lipinski definition) is 1. The Morgan fingerprint density at radius 1 is 1.38 bits per heavy atom. The quantitative estimate of drug-likeness (QED) is 0.630. The van der Waals surface area contributed by atoms with Crippen LogP contribution in [0.4, 0.5) is 0 Å². The van der Waals surface area contributed by atoms with E-state index in [-0.39, 0.29) is 0 Å². The highest BCUT2D eigenvalue weighted by atomic mass is 16.3. The first kappa shape index (κ1) is 7.09. The second kappa shape index (κ2) is 2.33. The Bertz CT molecular complexity index is 386. The molecule has 3 heteroatoms. The summed E-state index contributed by atoms with van der Waals surface area (Å²) in [6.45, 7) is 1.64. The van der Waals surface area contributed by atoms with Crippen molar-refractivity contribution in [3.05, 3.63) is 35.4 Å². The lowest BCUT2D eigenvalue weighted by Crippen LogP contribution is -2.25. The minimum absolute atomic E-state index is 0.475. The SMILES string of the molecule is OC1c2ccccc2C2=NCCN21. The summed E-state index contributed by atoms with van der Waals surface area (Å²) in [4.78, 5) is 6.32. The number of amidine groups is 1. The summed E-state index contributed by atoms with van der Waals surface area (Å²) in [5.74, 6) is 0.961. The molecule has 3 rings (SSSR count). The Hall–Kier alpha value is -1.35. The van der Waals surface area contributed by atoms with Gasteiger partial charge >= 0.3 is 0 Å². The molecule has 0 saturated heterocycles. The van der Waals surface area contributed by atoms with Gasteiger partial charge in [-0.05, 0) is 0 Å². The Balaban J connectivity index is 2.23. The number of benzene rings is 1. The van der Waals surface area contributed by atoms with Gasteiger partial charge in [0.15, 0.2) is 6.23 Å². The Morgan fingerprint density at radius 2 is 2.23 bits per heavy atom. The van der Waals surface area contributed by atoms with Crippen LogP contribution < -0.4 is 0 Å². The molecule has 0 radical (unpaired) electrons. The Morgan fingerprint density at radius 3 is 3.15 bits per heavy atom. The van der Waals surface area contributed by atoms with Crippen LogP contribution in [0, 0.1) is 0 Å². The normalized spacial score (nSPS) is 24.2. The van der Waals surface area contributed by atoms with Gasteiger partial charge in [0.2, 0.25) is 0 Å². The number of hydrogen-bond acceptors (Lipinski definition) is 3. The summed E-state index contributed by atoms with van der Waals surface area (Å²) >= 11 is 0. The topological polar surface area (TPSA) is 35.8 Å². The summed E-state index contributed by atoms with van der Waals surface area (Å²) in [5.41, 5.74) is 2.08. The predicted molar refractivity (Wildman–Crippen MR) is 49.5 cm³/mol. The number of aliphatic hydroxyl groups is 1.